The fraction of sp³-hybridized carbons (Fsp3) is 0.963. The number of alkyl carbamates (subject to hydrolysis) is 2. The van der Waals surface area contributed by atoms with Gasteiger partial charge in [-0.2, -0.15) is 9.59 Å². The molecule has 7 N–H and O–H groups in total. The van der Waals surface area contributed by atoms with Crippen LogP contribution in [0.2, 0.25) is 0 Å². The lowest BCUT2D eigenvalue weighted by Crippen LogP contribution is -2.35. The van der Waals surface area contributed by atoms with Gasteiger partial charge in [0.2, 0.25) is 0 Å². The lowest BCUT2D eigenvalue weighted by Gasteiger charge is -2.08. The minimum absolute atomic E-state index is 0. The van der Waals surface area contributed by atoms with E-state index in [2.05, 4.69) is 59.0 Å². The Morgan fingerprint density at radius 2 is 0.642 bits per heavy atom. The van der Waals surface area contributed by atoms with E-state index in [4.69, 9.17) is 95.8 Å². The van der Waals surface area contributed by atoms with E-state index in [1.807, 2.05) is 76.2 Å². The molecule has 0 heterocycles. The molecule has 2 atom stereocenters. The van der Waals surface area contributed by atoms with Crippen molar-refractivity contribution in [3.8, 4) is 0 Å². The van der Waals surface area contributed by atoms with Gasteiger partial charge in [-0.05, 0) is 127 Å². The first-order chi connectivity index (χ1) is 45.3. The topological polar surface area (TPSA) is 335 Å². The summed E-state index contributed by atoms with van der Waals surface area (Å²) in [7, 11) is 0. The Morgan fingerprint density at radius 1 is 0.312 bits per heavy atom. The predicted octanol–water partition coefficient (Wildman–Crippen LogP) is 18.9. The van der Waals surface area contributed by atoms with Crippen LogP contribution in [-0.4, -0.2) is 253 Å². The van der Waals surface area contributed by atoms with Crippen molar-refractivity contribution in [3.05, 3.63) is 0 Å². The Morgan fingerprint density at radius 3 is 1.02 bits per heavy atom. The van der Waals surface area contributed by atoms with E-state index in [1.165, 1.54) is 12.8 Å². The maximum absolute atomic E-state index is 10.9. The molecule has 0 aromatic heterocycles. The fourth-order valence-corrected chi connectivity index (χ4v) is 5.07. The normalized spacial score (nSPS) is 9.05. The van der Waals surface area contributed by atoms with Crippen LogP contribution >= 0.6 is 0 Å². The lowest BCUT2D eigenvalue weighted by molar-refractivity contribution is -0.303. The van der Waals surface area contributed by atoms with Crippen molar-refractivity contribution >= 4 is 18.3 Å². The molecule has 2 amide bonds. The molecule has 0 saturated carbocycles. The van der Waals surface area contributed by atoms with Crippen molar-refractivity contribution in [1.82, 2.24) is 26.6 Å². The molecule has 2 unspecified atom stereocenters. The van der Waals surface area contributed by atoms with Crippen molar-refractivity contribution in [1.29, 1.82) is 0 Å². The van der Waals surface area contributed by atoms with Crippen LogP contribution in [0, 0.1) is 0 Å². The second kappa shape index (κ2) is 197. The summed E-state index contributed by atoms with van der Waals surface area (Å²) in [6.45, 7) is 51.1. The number of hydrogen-bond acceptors (Lipinski definition) is 27. The molecule has 0 aliphatic heterocycles. The zero-order chi connectivity index (χ0) is 71.7. The molecule has 29 heteroatoms. The van der Waals surface area contributed by atoms with Crippen LogP contribution in [0.1, 0.15) is 300 Å². The molecule has 0 fully saturated rings. The first-order valence-corrected chi connectivity index (χ1v) is 34.0. The van der Waals surface area contributed by atoms with Crippen LogP contribution in [-0.2, 0) is 95.5 Å². The molecular formula is C80H207N5O24. The molecule has 0 aliphatic rings. The standard InChI is InChI=1S/C10H22N2O5.C9H20N2O5.C9H20O2.2C8H18O3.C8H18O2.C6H15NO.C5H12O.CO2.16CH4/c1-3-5-15-10(13)12-8-11-9-17-16-7-6-14-4-2;1-3-13-5-6-15-16-8-10-7-11-9(12)14-4-2;1-3-9(10)7-5-6-8-11-4-2;1-3-8(9)7-11-6-5-10-4-2;1-3-5-10-6-7-11-8-9-4-2;1-3-5-6-7-10-8-9-4-2;1-3-7-5-6-8-4-2;1-3-5-6-4-2;2-1-3;;;;;;;;;;;;;;;;/h11H,3-9H2,1-2H3,(H,12,13);10H,3-8H2,1-2H3,(H,11,12);9-10H,3-8H2,1-2H3;8-9H,3-7H2,1-2H3;3-8H2,1-2H3;3-8H2,1-2H3;7H,3-6H2,1-2H3;3-5H2,1-2H3;;16*1H4. The van der Waals surface area contributed by atoms with E-state index in [0.29, 0.717) is 106 Å². The number of aliphatic hydroxyl groups is 2. The molecule has 0 rings (SSSR count). The summed E-state index contributed by atoms with van der Waals surface area (Å²) in [4.78, 5) is 57.0. The number of carbonyl (C=O) groups excluding carboxylic acids is 4. The van der Waals surface area contributed by atoms with Gasteiger partial charge in [-0.15, -0.1) is 0 Å². The highest BCUT2D eigenvalue weighted by Gasteiger charge is 2.02. The largest absolute Gasteiger partial charge is 0.450 e. The molecule has 0 aliphatic carbocycles. The van der Waals surface area contributed by atoms with Crippen molar-refractivity contribution in [2.24, 2.45) is 0 Å². The summed E-state index contributed by atoms with van der Waals surface area (Å²) in [5.41, 5.74) is 0. The SMILES string of the molecule is C.C.C.C.C.C.C.C.C.C.C.C.C.C.C.C.CCCCCOCOCC.CCCOC(=O)NCNCOOCCOCC.CCCOCC.CCCOCCOCOCC.CCNCCOCC.CCOCCCCC(O)CC.CCOCCOCC(O)CC.CCOCCOOCNCNC(=O)OCC.O=C=O. The number of hydrogen-bond donors (Lipinski definition) is 7. The average molecular weight is 1620 g/mol. The van der Waals surface area contributed by atoms with E-state index in [-0.39, 0.29) is 164 Å². The first kappa shape index (κ1) is 178. The molecule has 0 aromatic rings. The minimum Gasteiger partial charge on any atom is -0.450 e. The quantitative estimate of drug-likeness (QED) is 0.0129. The molecule has 29 nitrogen and oxygen atoms in total. The zero-order valence-corrected chi connectivity index (χ0v) is 61.4. The van der Waals surface area contributed by atoms with E-state index in [0.717, 1.165) is 137 Å². The van der Waals surface area contributed by atoms with Gasteiger partial charge in [0.25, 0.3) is 0 Å². The highest BCUT2D eigenvalue weighted by molar-refractivity contribution is 5.67. The summed E-state index contributed by atoms with van der Waals surface area (Å²) < 4.78 is 70.2. The number of carbonyl (C=O) groups is 2. The van der Waals surface area contributed by atoms with Crippen molar-refractivity contribution in [3.63, 3.8) is 0 Å². The van der Waals surface area contributed by atoms with E-state index < -0.39 is 12.2 Å². The van der Waals surface area contributed by atoms with Crippen LogP contribution in [0.25, 0.3) is 0 Å². The summed E-state index contributed by atoms with van der Waals surface area (Å²) in [6.07, 6.45) is 10.3. The maximum atomic E-state index is 10.9. The Balaban J connectivity index is -0.0000000317. The zero-order valence-electron chi connectivity index (χ0n) is 61.4. The van der Waals surface area contributed by atoms with Gasteiger partial charge in [0.1, 0.15) is 40.3 Å². The van der Waals surface area contributed by atoms with Gasteiger partial charge in [0.15, 0.2) is 0 Å². The van der Waals surface area contributed by atoms with Crippen LogP contribution in [0.5, 0.6) is 0 Å². The second-order valence-corrected chi connectivity index (χ2v) is 17.9. The molecule has 0 saturated heterocycles. The van der Waals surface area contributed by atoms with Gasteiger partial charge in [-0.25, -0.2) is 29.1 Å². The molecule has 0 radical (unpaired) electrons. The van der Waals surface area contributed by atoms with Crippen LogP contribution in [0.15, 0.2) is 0 Å². The van der Waals surface area contributed by atoms with Crippen LogP contribution < -0.4 is 26.6 Å². The Kier molecular flexibility index (Phi) is 321. The Bertz CT molecular complexity index is 1210. The highest BCUT2D eigenvalue weighted by Crippen LogP contribution is 2.03. The number of likely N-dealkylation sites (N-methyl/N-ethyl adjacent to an activating group) is 1. The van der Waals surface area contributed by atoms with Gasteiger partial charge in [0.05, 0.1) is 91.6 Å². The summed E-state index contributed by atoms with van der Waals surface area (Å²) in [6, 6.07) is 0. The first-order valence-electron chi connectivity index (χ1n) is 34.0. The number of nitrogens with one attached hydrogen (secondary N) is 5. The highest BCUT2D eigenvalue weighted by atomic mass is 17.2. The fourth-order valence-electron chi connectivity index (χ4n) is 5.07. The third-order valence-electron chi connectivity index (χ3n) is 9.84. The number of rotatable bonds is 58. The smallest absolute Gasteiger partial charge is 0.408 e. The third kappa shape index (κ3) is 248. The summed E-state index contributed by atoms with van der Waals surface area (Å²) in [5.74, 6) is 0. The molecular weight excluding hydrogens is 1410 g/mol. The molecule has 0 spiro atoms. The molecule has 0 bridgehead atoms. The third-order valence-corrected chi connectivity index (χ3v) is 9.84. The van der Waals surface area contributed by atoms with Gasteiger partial charge in [-0.3, -0.25) is 10.6 Å². The predicted molar refractivity (Wildman–Crippen MR) is 468 cm³/mol. The van der Waals surface area contributed by atoms with Crippen molar-refractivity contribution in [2.75, 3.05) is 212 Å². The van der Waals surface area contributed by atoms with E-state index in [9.17, 15) is 14.7 Å². The molecule has 0 aromatic carbocycles. The maximum Gasteiger partial charge on any atom is 0.408 e. The number of unbranched alkanes of at least 4 members (excludes halogenated alkanes) is 3. The van der Waals surface area contributed by atoms with Gasteiger partial charge in [-0.1, -0.05) is 180 Å². The van der Waals surface area contributed by atoms with E-state index >= 15 is 0 Å². The second-order valence-electron chi connectivity index (χ2n) is 17.9. The number of ether oxygens (including phenoxy) is 14. The van der Waals surface area contributed by atoms with E-state index in [1.54, 1.807) is 6.92 Å². The summed E-state index contributed by atoms with van der Waals surface area (Å²) in [5, 5.41) is 31.9. The average Bonchev–Trinajstić information content (AvgIpc) is 1.11. The van der Waals surface area contributed by atoms with Crippen molar-refractivity contribution < 1.29 is 115 Å². The lowest BCUT2D eigenvalue weighted by atomic mass is 10.1. The number of aliphatic hydroxyl groups excluding tert-OH is 2. The van der Waals surface area contributed by atoms with Crippen LogP contribution in [0.4, 0.5) is 9.59 Å². The van der Waals surface area contributed by atoms with Crippen LogP contribution in [0.3, 0.4) is 0 Å². The van der Waals surface area contributed by atoms with Crippen molar-refractivity contribution in [2.45, 2.75) is 312 Å². The molecule has 696 valence electrons. The molecule has 109 heavy (non-hydrogen) atoms. The summed E-state index contributed by atoms with van der Waals surface area (Å²) >= 11 is 0. The monoisotopic (exact) mass is 1620 g/mol. The van der Waals surface area contributed by atoms with Gasteiger partial charge in [0, 0.05) is 85.8 Å². The number of amides is 2. The Labute approximate surface area is 682 Å². The van der Waals surface area contributed by atoms with Gasteiger partial charge < -0.3 is 92.5 Å². The Hall–Kier alpha value is -2.92. The minimum atomic E-state index is -0.465. The van der Waals surface area contributed by atoms with Gasteiger partial charge >= 0.3 is 18.3 Å².